The van der Waals surface area contributed by atoms with Gasteiger partial charge in [-0.1, -0.05) is 66.0 Å². The van der Waals surface area contributed by atoms with Crippen molar-refractivity contribution in [1.29, 1.82) is 0 Å². The summed E-state index contributed by atoms with van der Waals surface area (Å²) in [5, 5.41) is 21.5. The van der Waals surface area contributed by atoms with Gasteiger partial charge in [-0.2, -0.15) is 0 Å². The summed E-state index contributed by atoms with van der Waals surface area (Å²) in [6.07, 6.45) is 14.3. The van der Waals surface area contributed by atoms with Crippen molar-refractivity contribution in [3.63, 3.8) is 0 Å². The first-order valence-electron chi connectivity index (χ1n) is 18.5. The second-order valence-electron chi connectivity index (χ2n) is 18.8. The van der Waals surface area contributed by atoms with Crippen molar-refractivity contribution in [3.8, 4) is 0 Å². The lowest BCUT2D eigenvalue weighted by molar-refractivity contribution is -0.184. The lowest BCUT2D eigenvalue weighted by atomic mass is 9.35. The molecule has 0 saturated heterocycles. The van der Waals surface area contributed by atoms with E-state index in [-0.39, 0.29) is 22.7 Å². The van der Waals surface area contributed by atoms with Gasteiger partial charge in [-0.15, -0.1) is 0 Å². The standard InChI is InChI=1S/C40H60O4/c1-21(2)23-17-27-32-25(19-31-38(6,29(32)18-23)14-10-16-40(31,8)36(43)44)26-20-30-37(5,13-9-15-39(30,7)35(41)42)28-12-11-24(22(3)4)33(27)34(26)28/h20-25,27-32H,9-19H2,1-8H3,(H,41,42)(H,43,44). The summed E-state index contributed by atoms with van der Waals surface area (Å²) in [5.74, 6) is 4.00. The molecule has 44 heavy (non-hydrogen) atoms. The van der Waals surface area contributed by atoms with E-state index in [0.29, 0.717) is 53.3 Å². The summed E-state index contributed by atoms with van der Waals surface area (Å²) in [4.78, 5) is 26.2. The van der Waals surface area contributed by atoms with E-state index in [2.05, 4.69) is 54.5 Å². The van der Waals surface area contributed by atoms with Gasteiger partial charge in [-0.3, -0.25) is 9.59 Å². The zero-order valence-electron chi connectivity index (χ0n) is 28.9. The fourth-order valence-corrected chi connectivity index (χ4v) is 14.1. The zero-order chi connectivity index (χ0) is 31.7. The molecule has 0 heterocycles. The molecule has 4 nitrogen and oxygen atoms in total. The number of allylic oxidation sites excluding steroid dienone is 4. The highest BCUT2D eigenvalue weighted by molar-refractivity contribution is 5.76. The van der Waals surface area contributed by atoms with Crippen LogP contribution in [0.3, 0.4) is 0 Å². The monoisotopic (exact) mass is 604 g/mol. The molecule has 0 aliphatic heterocycles. The predicted molar refractivity (Wildman–Crippen MR) is 175 cm³/mol. The van der Waals surface area contributed by atoms with Crippen molar-refractivity contribution in [2.75, 3.05) is 0 Å². The Labute approximate surface area is 266 Å². The highest BCUT2D eigenvalue weighted by atomic mass is 16.4. The molecule has 0 amide bonds. The van der Waals surface area contributed by atoms with Crippen LogP contribution in [0.2, 0.25) is 0 Å². The van der Waals surface area contributed by atoms with Crippen molar-refractivity contribution in [2.45, 2.75) is 126 Å². The van der Waals surface area contributed by atoms with Gasteiger partial charge in [0.2, 0.25) is 0 Å². The van der Waals surface area contributed by atoms with Crippen LogP contribution >= 0.6 is 0 Å². The van der Waals surface area contributed by atoms with Crippen molar-refractivity contribution < 1.29 is 19.8 Å². The Morgan fingerprint density at radius 1 is 0.773 bits per heavy atom. The third kappa shape index (κ3) is 3.87. The second-order valence-corrected chi connectivity index (χ2v) is 18.8. The van der Waals surface area contributed by atoms with Gasteiger partial charge >= 0.3 is 11.9 Å². The molecular formula is C40H60O4. The van der Waals surface area contributed by atoms with Crippen LogP contribution in [0.1, 0.15) is 126 Å². The lowest BCUT2D eigenvalue weighted by Crippen LogP contribution is -2.63. The molecule has 0 aromatic rings. The smallest absolute Gasteiger partial charge is 0.309 e. The quantitative estimate of drug-likeness (QED) is 0.335. The first kappa shape index (κ1) is 31.0. The Hall–Kier alpha value is -1.58. The number of hydrogen-bond acceptors (Lipinski definition) is 2. The molecule has 2 N–H and O–H groups in total. The number of hydrogen-bond donors (Lipinski definition) is 2. The third-order valence-corrected chi connectivity index (χ3v) is 16.4. The van der Waals surface area contributed by atoms with Gasteiger partial charge in [0.05, 0.1) is 10.8 Å². The first-order valence-corrected chi connectivity index (χ1v) is 18.5. The average molecular weight is 605 g/mol. The van der Waals surface area contributed by atoms with Gasteiger partial charge in [0.25, 0.3) is 0 Å². The van der Waals surface area contributed by atoms with Crippen molar-refractivity contribution in [2.24, 2.45) is 86.8 Å². The van der Waals surface area contributed by atoms with E-state index >= 15 is 0 Å². The molecule has 7 aliphatic carbocycles. The van der Waals surface area contributed by atoms with Gasteiger partial charge < -0.3 is 10.2 Å². The summed E-state index contributed by atoms with van der Waals surface area (Å²) in [6.45, 7) is 18.9. The summed E-state index contributed by atoms with van der Waals surface area (Å²) in [6, 6.07) is 0. The Morgan fingerprint density at radius 2 is 1.41 bits per heavy atom. The normalized spacial score (nSPS) is 51.1. The molecule has 13 unspecified atom stereocenters. The maximum Gasteiger partial charge on any atom is 0.309 e. The number of aliphatic carboxylic acids is 2. The van der Waals surface area contributed by atoms with E-state index in [1.807, 2.05) is 6.92 Å². The zero-order valence-corrected chi connectivity index (χ0v) is 28.9. The Balaban J connectivity index is 1.50. The minimum atomic E-state index is -0.740. The fourth-order valence-electron chi connectivity index (χ4n) is 14.1. The van der Waals surface area contributed by atoms with E-state index in [1.165, 1.54) is 31.3 Å². The summed E-state index contributed by atoms with van der Waals surface area (Å²) in [5.41, 5.74) is 3.58. The molecule has 0 aromatic carbocycles. The van der Waals surface area contributed by atoms with Crippen LogP contribution in [0.15, 0.2) is 22.8 Å². The van der Waals surface area contributed by atoms with Gasteiger partial charge in [0.15, 0.2) is 0 Å². The van der Waals surface area contributed by atoms with Gasteiger partial charge in [-0.05, 0) is 159 Å². The van der Waals surface area contributed by atoms with Crippen LogP contribution in [0.4, 0.5) is 0 Å². The van der Waals surface area contributed by atoms with Crippen LogP contribution in [-0.2, 0) is 9.59 Å². The average Bonchev–Trinajstić information content (AvgIpc) is 2.95. The molecule has 0 spiro atoms. The number of carboxylic acid groups (broad SMARTS) is 2. The van der Waals surface area contributed by atoms with Crippen LogP contribution in [-0.4, -0.2) is 22.2 Å². The molecule has 0 radical (unpaired) electrons. The molecule has 4 fully saturated rings. The van der Waals surface area contributed by atoms with Crippen molar-refractivity contribution in [1.82, 2.24) is 0 Å². The summed E-state index contributed by atoms with van der Waals surface area (Å²) in [7, 11) is 0. The maximum absolute atomic E-state index is 13.1. The molecule has 13 atom stereocenters. The highest BCUT2D eigenvalue weighted by Crippen LogP contribution is 2.74. The Kier molecular flexibility index (Phi) is 7.03. The van der Waals surface area contributed by atoms with E-state index in [4.69, 9.17) is 0 Å². The second kappa shape index (κ2) is 9.96. The molecule has 7 aliphatic rings. The van der Waals surface area contributed by atoms with Crippen LogP contribution in [0.25, 0.3) is 0 Å². The number of carboxylic acids is 2. The summed E-state index contributed by atoms with van der Waals surface area (Å²) >= 11 is 0. The van der Waals surface area contributed by atoms with Crippen LogP contribution in [0.5, 0.6) is 0 Å². The van der Waals surface area contributed by atoms with Crippen molar-refractivity contribution in [3.05, 3.63) is 22.8 Å². The largest absolute Gasteiger partial charge is 0.481 e. The molecule has 244 valence electrons. The SMILES string of the molecule is CC(C)C1CC2C3=C4C(=CC5C(C)(C(=O)O)CCCC5(C)C4CCC3C(C)C)C3CC4C(C)(C(=O)O)CCCC4(C)C(C1)C32. The lowest BCUT2D eigenvalue weighted by Gasteiger charge is -2.69. The number of fused-ring (bicyclic) bond motifs is 6. The van der Waals surface area contributed by atoms with Gasteiger partial charge in [0, 0.05) is 0 Å². The maximum atomic E-state index is 13.1. The Morgan fingerprint density at radius 3 is 2.02 bits per heavy atom. The van der Waals surface area contributed by atoms with Gasteiger partial charge in [-0.25, -0.2) is 0 Å². The molecule has 4 heteroatoms. The molecular weight excluding hydrogens is 544 g/mol. The first-order chi connectivity index (χ1) is 20.6. The Bertz CT molecular complexity index is 1310. The van der Waals surface area contributed by atoms with E-state index in [1.54, 1.807) is 11.1 Å². The number of carbonyl (C=O) groups is 2. The minimum absolute atomic E-state index is 0.0284. The fraction of sp³-hybridized carbons (Fsp3) is 0.850. The molecule has 7 rings (SSSR count). The summed E-state index contributed by atoms with van der Waals surface area (Å²) < 4.78 is 0. The topological polar surface area (TPSA) is 74.6 Å². The van der Waals surface area contributed by atoms with E-state index in [9.17, 15) is 19.8 Å². The van der Waals surface area contributed by atoms with Gasteiger partial charge in [0.1, 0.15) is 0 Å². The molecule has 0 aromatic heterocycles. The van der Waals surface area contributed by atoms with E-state index < -0.39 is 22.8 Å². The highest BCUT2D eigenvalue weighted by Gasteiger charge is 2.68. The van der Waals surface area contributed by atoms with Crippen molar-refractivity contribution >= 4 is 11.9 Å². The minimum Gasteiger partial charge on any atom is -0.481 e. The van der Waals surface area contributed by atoms with Crippen LogP contribution < -0.4 is 0 Å². The van der Waals surface area contributed by atoms with E-state index in [0.717, 1.165) is 44.9 Å². The van der Waals surface area contributed by atoms with Crippen LogP contribution in [0, 0.1) is 86.8 Å². The third-order valence-electron chi connectivity index (χ3n) is 16.4. The molecule has 4 saturated carbocycles. The molecule has 0 bridgehead atoms. The predicted octanol–water partition coefficient (Wildman–Crippen LogP) is 9.65. The number of rotatable bonds is 4.